The zero-order chi connectivity index (χ0) is 15.9. The molecule has 21 heavy (non-hydrogen) atoms. The van der Waals surface area contributed by atoms with Gasteiger partial charge in [-0.1, -0.05) is 26.0 Å². The van der Waals surface area contributed by atoms with Crippen molar-refractivity contribution in [1.29, 1.82) is 0 Å². The van der Waals surface area contributed by atoms with Crippen LogP contribution in [0.2, 0.25) is 0 Å². The van der Waals surface area contributed by atoms with Crippen molar-refractivity contribution in [2.24, 2.45) is 11.7 Å². The van der Waals surface area contributed by atoms with E-state index in [-0.39, 0.29) is 10.9 Å². The number of nitrogens with two attached hydrogens (primary N) is 1. The summed E-state index contributed by atoms with van der Waals surface area (Å²) in [5.41, 5.74) is 6.58. The Morgan fingerprint density at radius 2 is 2.00 bits per heavy atom. The molecular formula is C15H26N2O3S. The van der Waals surface area contributed by atoms with Crippen LogP contribution in [0.3, 0.4) is 0 Å². The first-order valence-corrected chi connectivity index (χ1v) is 8.74. The van der Waals surface area contributed by atoms with E-state index in [4.69, 9.17) is 10.5 Å². The van der Waals surface area contributed by atoms with Crippen molar-refractivity contribution in [2.75, 3.05) is 19.8 Å². The van der Waals surface area contributed by atoms with Gasteiger partial charge in [0.25, 0.3) is 0 Å². The Hall–Kier alpha value is -0.950. The Labute approximate surface area is 127 Å². The molecule has 0 aliphatic heterocycles. The molecular weight excluding hydrogens is 288 g/mol. The summed E-state index contributed by atoms with van der Waals surface area (Å²) >= 11 is 0. The number of benzene rings is 1. The molecule has 120 valence electrons. The van der Waals surface area contributed by atoms with Gasteiger partial charge in [-0.2, -0.15) is 0 Å². The summed E-state index contributed by atoms with van der Waals surface area (Å²) in [4.78, 5) is 0.250. The molecule has 0 bridgehead atoms. The van der Waals surface area contributed by atoms with Gasteiger partial charge in [-0.3, -0.25) is 0 Å². The summed E-state index contributed by atoms with van der Waals surface area (Å²) in [7, 11) is -3.48. The molecule has 1 aromatic carbocycles. The summed E-state index contributed by atoms with van der Waals surface area (Å²) in [6.07, 6.45) is 0.652. The molecule has 1 atom stereocenters. The number of nitrogens with one attached hydrogen (secondary N) is 1. The van der Waals surface area contributed by atoms with Crippen molar-refractivity contribution in [3.05, 3.63) is 29.8 Å². The zero-order valence-corrected chi connectivity index (χ0v) is 13.8. The van der Waals surface area contributed by atoms with Crippen molar-refractivity contribution in [1.82, 2.24) is 4.72 Å². The molecule has 1 unspecified atom stereocenters. The second-order valence-corrected chi connectivity index (χ2v) is 7.35. The van der Waals surface area contributed by atoms with Crippen LogP contribution in [-0.2, 0) is 14.8 Å². The maximum absolute atomic E-state index is 12.2. The molecule has 0 saturated heterocycles. The van der Waals surface area contributed by atoms with Crippen LogP contribution in [0.1, 0.15) is 38.8 Å². The van der Waals surface area contributed by atoms with Gasteiger partial charge in [0.1, 0.15) is 0 Å². The van der Waals surface area contributed by atoms with Crippen LogP contribution in [0.15, 0.2) is 29.2 Å². The summed E-state index contributed by atoms with van der Waals surface area (Å²) in [5, 5.41) is 0. The molecule has 0 radical (unpaired) electrons. The van der Waals surface area contributed by atoms with Gasteiger partial charge in [0.15, 0.2) is 0 Å². The molecule has 0 amide bonds. The fraction of sp³-hybridized carbons (Fsp3) is 0.600. The van der Waals surface area contributed by atoms with E-state index in [1.54, 1.807) is 18.2 Å². The Morgan fingerprint density at radius 3 is 2.62 bits per heavy atom. The van der Waals surface area contributed by atoms with E-state index in [2.05, 4.69) is 18.6 Å². The minimum atomic E-state index is -3.48. The highest BCUT2D eigenvalue weighted by atomic mass is 32.2. The highest BCUT2D eigenvalue weighted by molar-refractivity contribution is 7.89. The number of ether oxygens (including phenoxy) is 1. The highest BCUT2D eigenvalue weighted by Gasteiger charge is 2.14. The van der Waals surface area contributed by atoms with Crippen molar-refractivity contribution in [3.63, 3.8) is 0 Å². The van der Waals surface area contributed by atoms with Gasteiger partial charge in [0, 0.05) is 25.8 Å². The summed E-state index contributed by atoms with van der Waals surface area (Å²) in [5.74, 6) is 0.489. The molecule has 0 heterocycles. The van der Waals surface area contributed by atoms with Crippen molar-refractivity contribution in [3.8, 4) is 0 Å². The molecule has 6 heteroatoms. The van der Waals surface area contributed by atoms with Gasteiger partial charge in [-0.15, -0.1) is 0 Å². The maximum Gasteiger partial charge on any atom is 0.240 e. The normalized spacial score (nSPS) is 13.6. The fourth-order valence-corrected chi connectivity index (χ4v) is 2.88. The smallest absolute Gasteiger partial charge is 0.240 e. The van der Waals surface area contributed by atoms with Crippen LogP contribution in [-0.4, -0.2) is 28.2 Å². The minimum absolute atomic E-state index is 0.190. The predicted octanol–water partition coefficient (Wildman–Crippen LogP) is 2.05. The highest BCUT2D eigenvalue weighted by Crippen LogP contribution is 2.15. The largest absolute Gasteiger partial charge is 0.381 e. The number of hydrogen-bond acceptors (Lipinski definition) is 4. The number of sulfonamides is 1. The van der Waals surface area contributed by atoms with E-state index >= 15 is 0 Å². The lowest BCUT2D eigenvalue weighted by Gasteiger charge is -2.10. The topological polar surface area (TPSA) is 81.4 Å². The first kappa shape index (κ1) is 18.1. The Bertz CT molecular complexity index is 527. The monoisotopic (exact) mass is 314 g/mol. The summed E-state index contributed by atoms with van der Waals surface area (Å²) < 4.78 is 32.3. The van der Waals surface area contributed by atoms with Gasteiger partial charge >= 0.3 is 0 Å². The van der Waals surface area contributed by atoms with Crippen molar-refractivity contribution >= 4 is 10.0 Å². The number of hydrogen-bond donors (Lipinski definition) is 2. The van der Waals surface area contributed by atoms with Gasteiger partial charge in [-0.05, 0) is 37.0 Å². The lowest BCUT2D eigenvalue weighted by molar-refractivity contribution is 0.108. The van der Waals surface area contributed by atoms with Crippen LogP contribution in [0.25, 0.3) is 0 Å². The van der Waals surface area contributed by atoms with Gasteiger partial charge < -0.3 is 10.5 Å². The third-order valence-electron chi connectivity index (χ3n) is 2.90. The van der Waals surface area contributed by atoms with Crippen LogP contribution in [0.5, 0.6) is 0 Å². The summed E-state index contributed by atoms with van der Waals surface area (Å²) in [6, 6.07) is 6.53. The SMILES string of the molecule is CC(C)COCCCNS(=O)(=O)c1cccc(C(C)N)c1. The third-order valence-corrected chi connectivity index (χ3v) is 4.36. The first-order valence-electron chi connectivity index (χ1n) is 7.26. The molecule has 0 saturated carbocycles. The Balaban J connectivity index is 2.48. The third kappa shape index (κ3) is 6.56. The minimum Gasteiger partial charge on any atom is -0.381 e. The quantitative estimate of drug-likeness (QED) is 0.684. The van der Waals surface area contributed by atoms with Crippen molar-refractivity contribution < 1.29 is 13.2 Å². The average Bonchev–Trinajstić information content (AvgIpc) is 2.42. The van der Waals surface area contributed by atoms with E-state index in [9.17, 15) is 8.42 Å². The van der Waals surface area contributed by atoms with E-state index in [1.807, 2.05) is 13.0 Å². The van der Waals surface area contributed by atoms with E-state index < -0.39 is 10.0 Å². The standard InChI is InChI=1S/C15H26N2O3S/c1-12(2)11-20-9-5-8-17-21(18,19)15-7-4-6-14(10-15)13(3)16/h4,6-7,10,12-13,17H,5,8-9,11,16H2,1-3H3. The van der Waals surface area contributed by atoms with Crippen LogP contribution < -0.4 is 10.5 Å². The molecule has 0 aliphatic rings. The fourth-order valence-electron chi connectivity index (χ4n) is 1.75. The molecule has 0 aromatic heterocycles. The first-order chi connectivity index (χ1) is 9.83. The van der Waals surface area contributed by atoms with Gasteiger partial charge in [0.2, 0.25) is 10.0 Å². The lowest BCUT2D eigenvalue weighted by Crippen LogP contribution is -2.26. The molecule has 1 rings (SSSR count). The molecule has 5 nitrogen and oxygen atoms in total. The molecule has 3 N–H and O–H groups in total. The van der Waals surface area contributed by atoms with Gasteiger partial charge in [-0.25, -0.2) is 13.1 Å². The van der Waals surface area contributed by atoms with Crippen LogP contribution in [0, 0.1) is 5.92 Å². The van der Waals surface area contributed by atoms with Crippen LogP contribution >= 0.6 is 0 Å². The average molecular weight is 314 g/mol. The van der Waals surface area contributed by atoms with Gasteiger partial charge in [0.05, 0.1) is 4.90 Å². The van der Waals surface area contributed by atoms with E-state index in [0.717, 1.165) is 5.56 Å². The molecule has 0 spiro atoms. The number of rotatable bonds is 9. The molecule has 1 aromatic rings. The second kappa shape index (κ2) is 8.48. The predicted molar refractivity (Wildman–Crippen MR) is 84.5 cm³/mol. The summed E-state index contributed by atoms with van der Waals surface area (Å²) in [6.45, 7) is 7.60. The molecule has 0 aliphatic carbocycles. The van der Waals surface area contributed by atoms with Crippen molar-refractivity contribution in [2.45, 2.75) is 38.1 Å². The van der Waals surface area contributed by atoms with E-state index in [0.29, 0.717) is 32.1 Å². The van der Waals surface area contributed by atoms with E-state index in [1.165, 1.54) is 0 Å². The maximum atomic E-state index is 12.2. The molecule has 0 fully saturated rings. The lowest BCUT2D eigenvalue weighted by atomic mass is 10.1. The zero-order valence-electron chi connectivity index (χ0n) is 13.0. The van der Waals surface area contributed by atoms with Crippen LogP contribution in [0.4, 0.5) is 0 Å². The Morgan fingerprint density at radius 1 is 1.29 bits per heavy atom. The Kier molecular flexibility index (Phi) is 7.31. The second-order valence-electron chi connectivity index (χ2n) is 5.58.